The zero-order chi connectivity index (χ0) is 12.4. The van der Waals surface area contributed by atoms with E-state index >= 15 is 0 Å². The van der Waals surface area contributed by atoms with Crippen molar-refractivity contribution < 1.29 is 14.3 Å². The lowest BCUT2D eigenvalue weighted by molar-refractivity contribution is 0.0657. The maximum absolute atomic E-state index is 10.8. The molecule has 1 saturated heterocycles. The van der Waals surface area contributed by atoms with Crippen LogP contribution in [0.2, 0.25) is 0 Å². The van der Waals surface area contributed by atoms with Gasteiger partial charge in [0, 0.05) is 12.1 Å². The first kappa shape index (κ1) is 12.1. The largest absolute Gasteiger partial charge is 0.475 e. The van der Waals surface area contributed by atoms with Gasteiger partial charge in [-0.05, 0) is 38.4 Å². The van der Waals surface area contributed by atoms with Crippen molar-refractivity contribution in [3.63, 3.8) is 0 Å². The monoisotopic (exact) mass is 238 g/mol. The summed E-state index contributed by atoms with van der Waals surface area (Å²) in [5.74, 6) is 0.326. The number of likely N-dealkylation sites (tertiary alicyclic amines) is 1. The van der Waals surface area contributed by atoms with Crippen LogP contribution >= 0.6 is 0 Å². The molecule has 17 heavy (non-hydrogen) atoms. The molecule has 1 fully saturated rings. The Bertz CT molecular complexity index is 414. The Balaban J connectivity index is 2.00. The Morgan fingerprint density at radius 1 is 1.71 bits per heavy atom. The van der Waals surface area contributed by atoms with Crippen LogP contribution in [0.4, 0.5) is 0 Å². The molecule has 1 aromatic heterocycles. The number of aryl methyl sites for hydroxylation is 1. The maximum atomic E-state index is 10.8. The van der Waals surface area contributed by atoms with Crippen LogP contribution in [0.15, 0.2) is 10.5 Å². The Hall–Kier alpha value is -1.33. The highest BCUT2D eigenvalue weighted by atomic mass is 16.4. The minimum atomic E-state index is -1.00. The Labute approximate surface area is 100 Å². The molecule has 94 valence electrons. The molecule has 1 aromatic rings. The number of hydrogen-bond acceptors (Lipinski definition) is 4. The van der Waals surface area contributed by atoms with Gasteiger partial charge in [0.25, 0.3) is 0 Å². The lowest BCUT2D eigenvalue weighted by atomic mass is 10.1. The normalized spacial score (nSPS) is 20.9. The second-order valence-electron chi connectivity index (χ2n) is 4.66. The fourth-order valence-electron chi connectivity index (χ4n) is 2.31. The molecule has 0 aromatic carbocycles. The highest BCUT2D eigenvalue weighted by Gasteiger charge is 2.23. The van der Waals surface area contributed by atoms with Crippen LogP contribution < -0.4 is 5.73 Å². The van der Waals surface area contributed by atoms with Gasteiger partial charge in [-0.3, -0.25) is 4.90 Å². The molecule has 0 radical (unpaired) electrons. The van der Waals surface area contributed by atoms with Crippen LogP contribution in [-0.4, -0.2) is 35.6 Å². The molecule has 2 rings (SSSR count). The summed E-state index contributed by atoms with van der Waals surface area (Å²) >= 11 is 0. The van der Waals surface area contributed by atoms with Gasteiger partial charge >= 0.3 is 5.97 Å². The lowest BCUT2D eigenvalue weighted by Gasteiger charge is -2.13. The molecule has 1 atom stereocenters. The van der Waals surface area contributed by atoms with Gasteiger partial charge in [0.05, 0.1) is 6.54 Å². The van der Waals surface area contributed by atoms with Crippen molar-refractivity contribution in [2.24, 2.45) is 11.7 Å². The van der Waals surface area contributed by atoms with Gasteiger partial charge in [-0.2, -0.15) is 0 Å². The maximum Gasteiger partial charge on any atom is 0.372 e. The number of hydrogen-bond donors (Lipinski definition) is 2. The highest BCUT2D eigenvalue weighted by Crippen LogP contribution is 2.20. The van der Waals surface area contributed by atoms with Crippen molar-refractivity contribution in [2.75, 3.05) is 19.6 Å². The van der Waals surface area contributed by atoms with Crippen molar-refractivity contribution in [3.05, 3.63) is 23.2 Å². The average Bonchev–Trinajstić information content (AvgIpc) is 2.85. The molecule has 2 heterocycles. The van der Waals surface area contributed by atoms with Gasteiger partial charge < -0.3 is 15.3 Å². The molecule has 5 heteroatoms. The minimum Gasteiger partial charge on any atom is -0.475 e. The second-order valence-corrected chi connectivity index (χ2v) is 4.66. The van der Waals surface area contributed by atoms with E-state index in [9.17, 15) is 4.79 Å². The van der Waals surface area contributed by atoms with Gasteiger partial charge in [-0.25, -0.2) is 4.79 Å². The van der Waals surface area contributed by atoms with Gasteiger partial charge in [0.15, 0.2) is 0 Å². The highest BCUT2D eigenvalue weighted by molar-refractivity contribution is 5.86. The van der Waals surface area contributed by atoms with Crippen LogP contribution in [-0.2, 0) is 6.54 Å². The van der Waals surface area contributed by atoms with E-state index in [0.717, 1.165) is 25.3 Å². The van der Waals surface area contributed by atoms with Crippen LogP contribution in [0.5, 0.6) is 0 Å². The van der Waals surface area contributed by atoms with Crippen LogP contribution in [0.25, 0.3) is 0 Å². The first-order chi connectivity index (χ1) is 8.10. The second kappa shape index (κ2) is 4.89. The zero-order valence-corrected chi connectivity index (χ0v) is 9.98. The minimum absolute atomic E-state index is 0.0505. The first-order valence-electron chi connectivity index (χ1n) is 5.85. The molecular weight excluding hydrogens is 220 g/mol. The summed E-state index contributed by atoms with van der Waals surface area (Å²) in [7, 11) is 0. The summed E-state index contributed by atoms with van der Waals surface area (Å²) in [4.78, 5) is 13.1. The molecule has 0 saturated carbocycles. The van der Waals surface area contributed by atoms with E-state index in [2.05, 4.69) is 4.90 Å². The molecular formula is C12H18N2O3. The lowest BCUT2D eigenvalue weighted by Crippen LogP contribution is -2.22. The van der Waals surface area contributed by atoms with E-state index in [1.54, 1.807) is 13.0 Å². The first-order valence-corrected chi connectivity index (χ1v) is 5.85. The number of carboxylic acid groups (broad SMARTS) is 1. The third-order valence-electron chi connectivity index (χ3n) is 3.25. The Kier molecular flexibility index (Phi) is 3.49. The summed E-state index contributed by atoms with van der Waals surface area (Å²) in [6.07, 6.45) is 1.11. The molecule has 0 amide bonds. The zero-order valence-electron chi connectivity index (χ0n) is 9.98. The molecule has 0 aliphatic carbocycles. The molecule has 1 aliphatic rings. The van der Waals surface area contributed by atoms with E-state index in [1.807, 2.05) is 0 Å². The summed E-state index contributed by atoms with van der Waals surface area (Å²) in [5, 5.41) is 8.90. The third kappa shape index (κ3) is 2.68. The summed E-state index contributed by atoms with van der Waals surface area (Å²) in [5.41, 5.74) is 6.31. The summed E-state index contributed by atoms with van der Waals surface area (Å²) in [6.45, 7) is 5.12. The Morgan fingerprint density at radius 2 is 2.47 bits per heavy atom. The number of furan rings is 1. The predicted octanol–water partition coefficient (Wildman–Crippen LogP) is 1.07. The van der Waals surface area contributed by atoms with Crippen molar-refractivity contribution in [2.45, 2.75) is 19.9 Å². The molecule has 3 N–H and O–H groups in total. The molecule has 0 spiro atoms. The van der Waals surface area contributed by atoms with E-state index in [-0.39, 0.29) is 5.76 Å². The Morgan fingerprint density at radius 3 is 3.00 bits per heavy atom. The topological polar surface area (TPSA) is 79.7 Å². The number of carbonyl (C=O) groups is 1. The van der Waals surface area contributed by atoms with Crippen LogP contribution in [0, 0.1) is 12.8 Å². The smallest absolute Gasteiger partial charge is 0.372 e. The van der Waals surface area contributed by atoms with Crippen molar-refractivity contribution >= 4 is 5.97 Å². The summed E-state index contributed by atoms with van der Waals surface area (Å²) < 4.78 is 5.33. The van der Waals surface area contributed by atoms with E-state index in [0.29, 0.717) is 24.6 Å². The number of nitrogens with two attached hydrogens (primary N) is 1. The molecule has 1 aliphatic heterocycles. The van der Waals surface area contributed by atoms with Crippen molar-refractivity contribution in [1.82, 2.24) is 4.90 Å². The van der Waals surface area contributed by atoms with Gasteiger partial charge in [0.2, 0.25) is 5.76 Å². The molecule has 5 nitrogen and oxygen atoms in total. The predicted molar refractivity (Wildman–Crippen MR) is 62.8 cm³/mol. The molecule has 1 unspecified atom stereocenters. The van der Waals surface area contributed by atoms with Gasteiger partial charge in [-0.15, -0.1) is 0 Å². The molecule has 0 bridgehead atoms. The fourth-order valence-corrected chi connectivity index (χ4v) is 2.31. The van der Waals surface area contributed by atoms with E-state index in [4.69, 9.17) is 15.3 Å². The van der Waals surface area contributed by atoms with Gasteiger partial charge in [0.1, 0.15) is 5.76 Å². The third-order valence-corrected chi connectivity index (χ3v) is 3.25. The standard InChI is InChI=1S/C12H18N2O3/c1-8-4-10(17-11(8)12(15)16)7-14-3-2-9(5-13)6-14/h4,9H,2-3,5-7,13H2,1H3,(H,15,16). The van der Waals surface area contributed by atoms with Crippen LogP contribution in [0.3, 0.4) is 0 Å². The number of aromatic carboxylic acids is 1. The SMILES string of the molecule is Cc1cc(CN2CCC(CN)C2)oc1C(=O)O. The quantitative estimate of drug-likeness (QED) is 0.820. The average molecular weight is 238 g/mol. The summed E-state index contributed by atoms with van der Waals surface area (Å²) in [6, 6.07) is 1.80. The fraction of sp³-hybridized carbons (Fsp3) is 0.583. The number of rotatable bonds is 4. The van der Waals surface area contributed by atoms with Crippen molar-refractivity contribution in [1.29, 1.82) is 0 Å². The van der Waals surface area contributed by atoms with Crippen LogP contribution in [0.1, 0.15) is 28.3 Å². The number of carboxylic acids is 1. The van der Waals surface area contributed by atoms with Crippen molar-refractivity contribution in [3.8, 4) is 0 Å². The van der Waals surface area contributed by atoms with E-state index in [1.165, 1.54) is 0 Å². The van der Waals surface area contributed by atoms with Gasteiger partial charge in [-0.1, -0.05) is 0 Å². The van der Waals surface area contributed by atoms with E-state index < -0.39 is 5.97 Å². The number of nitrogens with zero attached hydrogens (tertiary/aromatic N) is 1.